The molecule has 1 N–H and O–H groups in total. The van der Waals surface area contributed by atoms with Gasteiger partial charge in [-0.2, -0.15) is 0 Å². The van der Waals surface area contributed by atoms with Crippen LogP contribution in [0.1, 0.15) is 5.56 Å². The molecule has 0 bridgehead atoms. The number of allylic oxidation sites excluding steroid dienone is 2. The van der Waals surface area contributed by atoms with Gasteiger partial charge in [0.15, 0.2) is 5.84 Å². The summed E-state index contributed by atoms with van der Waals surface area (Å²) in [6.07, 6.45) is 8.19. The van der Waals surface area contributed by atoms with Crippen LogP contribution in [0.25, 0.3) is 60.4 Å². The molecule has 9 rings (SSSR count). The molecule has 5 aromatic carbocycles. The van der Waals surface area contributed by atoms with E-state index < -0.39 is 0 Å². The summed E-state index contributed by atoms with van der Waals surface area (Å²) in [7, 11) is 0. The number of aliphatic imine (C=N–C) groups is 1. The Morgan fingerprint density at radius 2 is 1.32 bits per heavy atom. The maximum atomic E-state index is 9.42. The fourth-order valence-electron chi connectivity index (χ4n) is 6.75. The third-order valence-corrected chi connectivity index (χ3v) is 8.51. The van der Waals surface area contributed by atoms with Crippen molar-refractivity contribution in [1.29, 1.82) is 5.41 Å². The Balaban J connectivity index is 1.42. The Morgan fingerprint density at radius 1 is 0.585 bits per heavy atom. The number of hydrogen-bond donors (Lipinski definition) is 1. The van der Waals surface area contributed by atoms with Crippen molar-refractivity contribution >= 4 is 55.2 Å². The zero-order chi connectivity index (χ0) is 27.1. The van der Waals surface area contributed by atoms with Gasteiger partial charge >= 0.3 is 0 Å². The van der Waals surface area contributed by atoms with Crippen LogP contribution in [-0.2, 0) is 0 Å². The minimum atomic E-state index is -0.0344. The van der Waals surface area contributed by atoms with Crippen LogP contribution in [0.3, 0.4) is 0 Å². The Bertz CT molecular complexity index is 2300. The molecule has 3 heterocycles. The van der Waals surface area contributed by atoms with Crippen LogP contribution >= 0.6 is 0 Å². The first-order valence-electron chi connectivity index (χ1n) is 14.0. The molecule has 0 saturated heterocycles. The Hall–Kier alpha value is -5.48. The second-order valence-corrected chi connectivity index (χ2v) is 10.7. The lowest BCUT2D eigenvalue weighted by Gasteiger charge is -2.09. The molecule has 0 spiro atoms. The van der Waals surface area contributed by atoms with Crippen molar-refractivity contribution in [2.75, 3.05) is 0 Å². The SMILES string of the molecule is N=C1/C(=N\C2C=CC=C2)c2cccc3c4ccc5c(c6ccc(-c7ccccc7)cc6n5-c5ccccc5)c4n1c23. The van der Waals surface area contributed by atoms with E-state index in [1.54, 1.807) is 0 Å². The normalized spacial score (nSPS) is 15.6. The molecule has 0 atom stereocenters. The number of rotatable bonds is 3. The summed E-state index contributed by atoms with van der Waals surface area (Å²) in [5.74, 6) is 0.439. The maximum Gasteiger partial charge on any atom is 0.156 e. The first-order chi connectivity index (χ1) is 20.3. The number of fused-ring (bicyclic) bond motifs is 7. The van der Waals surface area contributed by atoms with Gasteiger partial charge in [-0.15, -0.1) is 0 Å². The third kappa shape index (κ3) is 3.04. The predicted molar refractivity (Wildman–Crippen MR) is 171 cm³/mol. The van der Waals surface area contributed by atoms with Crippen molar-refractivity contribution in [2.45, 2.75) is 6.04 Å². The number of aromatic nitrogens is 2. The summed E-state index contributed by atoms with van der Waals surface area (Å²) in [6.45, 7) is 0. The van der Waals surface area contributed by atoms with Gasteiger partial charge in [-0.1, -0.05) is 109 Å². The van der Waals surface area contributed by atoms with Gasteiger partial charge in [-0.3, -0.25) is 15.0 Å². The zero-order valence-electron chi connectivity index (χ0n) is 22.1. The van der Waals surface area contributed by atoms with Crippen molar-refractivity contribution in [2.24, 2.45) is 4.99 Å². The van der Waals surface area contributed by atoms with Crippen LogP contribution in [0.2, 0.25) is 0 Å². The molecule has 2 aliphatic rings. The van der Waals surface area contributed by atoms with Crippen LogP contribution in [0.15, 0.2) is 138 Å². The zero-order valence-corrected chi connectivity index (χ0v) is 22.1. The van der Waals surface area contributed by atoms with E-state index in [4.69, 9.17) is 4.99 Å². The average Bonchev–Trinajstić information content (AvgIpc) is 3.79. The summed E-state index contributed by atoms with van der Waals surface area (Å²) in [5.41, 5.74) is 9.71. The summed E-state index contributed by atoms with van der Waals surface area (Å²) in [4.78, 5) is 5.01. The highest BCUT2D eigenvalue weighted by Crippen LogP contribution is 2.44. The highest BCUT2D eigenvalue weighted by molar-refractivity contribution is 6.55. The van der Waals surface area contributed by atoms with Crippen LogP contribution in [0.5, 0.6) is 0 Å². The molecule has 192 valence electrons. The second kappa shape index (κ2) is 8.26. The summed E-state index contributed by atoms with van der Waals surface area (Å²) in [5, 5.41) is 14.1. The highest BCUT2D eigenvalue weighted by Gasteiger charge is 2.31. The minimum Gasteiger partial charge on any atom is -0.309 e. The Labute approximate surface area is 236 Å². The smallest absolute Gasteiger partial charge is 0.156 e. The van der Waals surface area contributed by atoms with Gasteiger partial charge in [-0.05, 0) is 35.4 Å². The molecule has 4 heteroatoms. The van der Waals surface area contributed by atoms with E-state index in [9.17, 15) is 5.41 Å². The molecular formula is C37H24N4. The molecule has 0 radical (unpaired) electrons. The van der Waals surface area contributed by atoms with Gasteiger partial charge in [0.05, 0.1) is 28.1 Å². The topological polar surface area (TPSA) is 46.1 Å². The first kappa shape index (κ1) is 22.3. The summed E-state index contributed by atoms with van der Waals surface area (Å²) < 4.78 is 4.51. The van der Waals surface area contributed by atoms with Gasteiger partial charge < -0.3 is 4.57 Å². The summed E-state index contributed by atoms with van der Waals surface area (Å²) >= 11 is 0. The van der Waals surface area contributed by atoms with Crippen molar-refractivity contribution in [3.05, 3.63) is 139 Å². The van der Waals surface area contributed by atoms with E-state index in [0.717, 1.165) is 55.2 Å². The fraction of sp³-hybridized carbons (Fsp3) is 0.0270. The molecule has 41 heavy (non-hydrogen) atoms. The largest absolute Gasteiger partial charge is 0.309 e. The molecule has 7 aromatic rings. The average molecular weight is 525 g/mol. The van der Waals surface area contributed by atoms with Gasteiger partial charge in [0.2, 0.25) is 0 Å². The van der Waals surface area contributed by atoms with E-state index in [0.29, 0.717) is 5.84 Å². The number of para-hydroxylation sites is 2. The lowest BCUT2D eigenvalue weighted by molar-refractivity contribution is 1.05. The summed E-state index contributed by atoms with van der Waals surface area (Å²) in [6, 6.07) is 38.7. The van der Waals surface area contributed by atoms with Gasteiger partial charge in [-0.25, -0.2) is 0 Å². The standard InChI is InChI=1S/C37H24N4/c38-37-34(39-25-12-7-8-13-25)30-17-9-16-27-28-20-21-31-33(36(28)41(37)35(27)30)29-19-18-24(23-10-3-1-4-11-23)22-32(29)40(31)26-14-5-2-6-15-26/h1-22,25,38H/b38-37?,39-34-. The minimum absolute atomic E-state index is 0.0344. The fourth-order valence-corrected chi connectivity index (χ4v) is 6.75. The van der Waals surface area contributed by atoms with E-state index >= 15 is 0 Å². The second-order valence-electron chi connectivity index (χ2n) is 10.7. The van der Waals surface area contributed by atoms with Crippen molar-refractivity contribution < 1.29 is 0 Å². The molecule has 2 aromatic heterocycles. The van der Waals surface area contributed by atoms with Crippen LogP contribution in [-0.4, -0.2) is 26.7 Å². The molecule has 1 aliphatic heterocycles. The van der Waals surface area contributed by atoms with E-state index in [1.165, 1.54) is 16.5 Å². The molecule has 0 saturated carbocycles. The lowest BCUT2D eigenvalue weighted by Crippen LogP contribution is -2.17. The number of benzene rings is 5. The highest BCUT2D eigenvalue weighted by atomic mass is 15.1. The van der Waals surface area contributed by atoms with E-state index in [2.05, 4.69) is 130 Å². The van der Waals surface area contributed by atoms with Gasteiger partial charge in [0.1, 0.15) is 5.71 Å². The van der Waals surface area contributed by atoms with Crippen molar-refractivity contribution in [3.63, 3.8) is 0 Å². The van der Waals surface area contributed by atoms with Crippen LogP contribution in [0, 0.1) is 5.41 Å². The van der Waals surface area contributed by atoms with Gasteiger partial charge in [0.25, 0.3) is 0 Å². The van der Waals surface area contributed by atoms with Crippen LogP contribution in [0.4, 0.5) is 0 Å². The Kier molecular flexibility index (Phi) is 4.50. The molecule has 0 unspecified atom stereocenters. The molecule has 1 aliphatic carbocycles. The first-order valence-corrected chi connectivity index (χ1v) is 14.0. The predicted octanol–water partition coefficient (Wildman–Crippen LogP) is 8.68. The lowest BCUT2D eigenvalue weighted by atomic mass is 10.0. The van der Waals surface area contributed by atoms with E-state index in [-0.39, 0.29) is 6.04 Å². The van der Waals surface area contributed by atoms with Crippen molar-refractivity contribution in [3.8, 4) is 16.8 Å². The van der Waals surface area contributed by atoms with E-state index in [1.807, 2.05) is 12.2 Å². The number of nitrogens with one attached hydrogen (secondary N) is 1. The molecule has 4 nitrogen and oxygen atoms in total. The Morgan fingerprint density at radius 3 is 2.12 bits per heavy atom. The quantitative estimate of drug-likeness (QED) is 0.240. The molecular weight excluding hydrogens is 500 g/mol. The number of hydrogen-bond acceptors (Lipinski definition) is 2. The number of nitrogens with zero attached hydrogens (tertiary/aromatic N) is 3. The van der Waals surface area contributed by atoms with Crippen LogP contribution < -0.4 is 0 Å². The monoisotopic (exact) mass is 524 g/mol. The van der Waals surface area contributed by atoms with Crippen molar-refractivity contribution in [1.82, 2.24) is 9.13 Å². The maximum absolute atomic E-state index is 9.42. The van der Waals surface area contributed by atoms with Gasteiger partial charge in [0, 0.05) is 32.8 Å². The molecule has 0 fully saturated rings. The third-order valence-electron chi connectivity index (χ3n) is 8.51. The molecule has 0 amide bonds.